The van der Waals surface area contributed by atoms with Gasteiger partial charge in [0.1, 0.15) is 0 Å². The summed E-state index contributed by atoms with van der Waals surface area (Å²) in [5, 5.41) is 0. The molecule has 2 heteroatoms. The van der Waals surface area contributed by atoms with Gasteiger partial charge in [0.2, 0.25) is 0 Å². The maximum absolute atomic E-state index is 2.36. The third-order valence-corrected chi connectivity index (χ3v) is 12.9. The number of hydrogen-bond donors (Lipinski definition) is 0. The van der Waals surface area contributed by atoms with Crippen molar-refractivity contribution in [3.05, 3.63) is 284 Å². The predicted octanol–water partition coefficient (Wildman–Crippen LogP) is 18.3. The van der Waals surface area contributed by atoms with Crippen molar-refractivity contribution in [1.82, 2.24) is 0 Å². The molecule has 2 nitrogen and oxygen atoms in total. The molecule has 0 unspecified atom stereocenters. The molecule has 0 aliphatic carbocycles. The predicted molar refractivity (Wildman–Crippen MR) is 293 cm³/mol. The third-order valence-electron chi connectivity index (χ3n) is 12.9. The molecule has 0 aromatic heterocycles. The van der Waals surface area contributed by atoms with Gasteiger partial charge in [-0.25, -0.2) is 0 Å². The first-order valence-electron chi connectivity index (χ1n) is 23.7. The molecule has 0 saturated heterocycles. The zero-order chi connectivity index (χ0) is 47.3. The first-order valence-corrected chi connectivity index (χ1v) is 23.7. The molecule has 0 heterocycles. The quantitative estimate of drug-likeness (QED) is 0.113. The first-order chi connectivity index (χ1) is 32.9. The molecule has 0 aliphatic rings. The average molecular weight is 881 g/mol. The van der Waals surface area contributed by atoms with E-state index in [9.17, 15) is 0 Å². The highest BCUT2D eigenvalue weighted by Gasteiger charge is 2.17. The van der Waals surface area contributed by atoms with E-state index in [-0.39, 0.29) is 0 Å². The van der Waals surface area contributed by atoms with Gasteiger partial charge in [-0.15, -0.1) is 0 Å². The monoisotopic (exact) mass is 880 g/mol. The normalized spacial score (nSPS) is 11.7. The highest BCUT2D eigenvalue weighted by Crippen LogP contribution is 2.40. The molecule has 0 N–H and O–H groups in total. The molecule has 68 heavy (non-hydrogen) atoms. The molecule has 0 radical (unpaired) electrons. The van der Waals surface area contributed by atoms with Gasteiger partial charge in [0, 0.05) is 34.1 Å². The van der Waals surface area contributed by atoms with Gasteiger partial charge in [-0.05, 0) is 184 Å². The summed E-state index contributed by atoms with van der Waals surface area (Å²) in [7, 11) is 0. The number of hydrogen-bond acceptors (Lipinski definition) is 2. The van der Waals surface area contributed by atoms with E-state index in [1.165, 1.54) is 78.2 Å². The Hall–Kier alpha value is -7.94. The Morgan fingerprint density at radius 3 is 0.779 bits per heavy atom. The lowest BCUT2D eigenvalue weighted by atomic mass is 9.91. The van der Waals surface area contributed by atoms with Crippen molar-refractivity contribution in [2.24, 2.45) is 0 Å². The van der Waals surface area contributed by atoms with Crippen LogP contribution in [-0.4, -0.2) is 0 Å². The molecule has 0 spiro atoms. The first kappa shape index (κ1) is 45.2. The minimum absolute atomic E-state index is 1.12. The number of aryl methyl sites for hydroxylation is 8. The topological polar surface area (TPSA) is 6.48 Å². The van der Waals surface area contributed by atoms with E-state index in [4.69, 9.17) is 0 Å². The molecule has 0 fully saturated rings. The van der Waals surface area contributed by atoms with Crippen molar-refractivity contribution in [3.63, 3.8) is 0 Å². The van der Waals surface area contributed by atoms with Crippen LogP contribution < -0.4 is 9.80 Å². The molecule has 0 atom stereocenters. The van der Waals surface area contributed by atoms with Crippen molar-refractivity contribution in [1.29, 1.82) is 0 Å². The van der Waals surface area contributed by atoms with E-state index in [1.54, 1.807) is 0 Å². The van der Waals surface area contributed by atoms with Gasteiger partial charge in [-0.1, -0.05) is 179 Å². The summed E-state index contributed by atoms with van der Waals surface area (Å²) in [4.78, 5) is 4.72. The fraction of sp³-hybridized carbons (Fsp3) is 0.121. The van der Waals surface area contributed by atoms with E-state index in [0.29, 0.717) is 0 Å². The lowest BCUT2D eigenvalue weighted by Gasteiger charge is -2.27. The van der Waals surface area contributed by atoms with Crippen molar-refractivity contribution in [2.45, 2.75) is 55.4 Å². The largest absolute Gasteiger partial charge is 0.310 e. The van der Waals surface area contributed by atoms with Gasteiger partial charge in [0.25, 0.3) is 0 Å². The molecular formula is C66H60N2. The summed E-state index contributed by atoms with van der Waals surface area (Å²) in [6.45, 7) is 17.3. The van der Waals surface area contributed by atoms with E-state index in [1.807, 2.05) is 0 Å². The second-order valence-electron chi connectivity index (χ2n) is 18.5. The Balaban J connectivity index is 1.07. The lowest BCUT2D eigenvalue weighted by molar-refractivity contribution is 1.23. The Bertz CT molecular complexity index is 3000. The summed E-state index contributed by atoms with van der Waals surface area (Å²) in [6.07, 6.45) is 4.65. The van der Waals surface area contributed by atoms with Crippen LogP contribution in [0.15, 0.2) is 206 Å². The van der Waals surface area contributed by atoms with E-state index < -0.39 is 0 Å². The van der Waals surface area contributed by atoms with Gasteiger partial charge in [-0.3, -0.25) is 0 Å². The zero-order valence-electron chi connectivity index (χ0n) is 40.7. The van der Waals surface area contributed by atoms with Crippen LogP contribution >= 0.6 is 0 Å². The Kier molecular flexibility index (Phi) is 13.2. The minimum Gasteiger partial charge on any atom is -0.310 e. The highest BCUT2D eigenvalue weighted by atomic mass is 15.1. The second kappa shape index (κ2) is 19.9. The maximum Gasteiger partial charge on any atom is 0.0490 e. The van der Waals surface area contributed by atoms with Crippen LogP contribution in [-0.2, 0) is 0 Å². The standard InChI is InChI=1S/C66H60N2/c1-45-9-23-55(24-10-45)63(43-53-19-35-61(36-20-53)67(59-31-13-47(3)14-32-59)65-39-17-49(5)41-51(65)7)57-27-29-58(30-28-57)64(56-25-11-46(2)12-26-56)44-54-21-37-62(38-22-54)68(60-33-15-48(4)16-34-60)66-40-18-50(6)42-52(66)8/h9-44H,1-8H3. The molecule has 9 rings (SSSR count). The Morgan fingerprint density at radius 1 is 0.265 bits per heavy atom. The summed E-state index contributed by atoms with van der Waals surface area (Å²) in [5.41, 5.74) is 26.2. The molecular weight excluding hydrogens is 821 g/mol. The number of benzene rings is 9. The number of nitrogens with zero attached hydrogens (tertiary/aromatic N) is 2. The summed E-state index contributed by atoms with van der Waals surface area (Å²) in [5.74, 6) is 0. The van der Waals surface area contributed by atoms with Crippen molar-refractivity contribution >= 4 is 57.4 Å². The third kappa shape index (κ3) is 10.2. The summed E-state index contributed by atoms with van der Waals surface area (Å²) in [6, 6.07) is 75.9. The van der Waals surface area contributed by atoms with Crippen LogP contribution in [0.3, 0.4) is 0 Å². The number of anilines is 6. The minimum atomic E-state index is 1.12. The van der Waals surface area contributed by atoms with Crippen LogP contribution in [0, 0.1) is 55.4 Å². The van der Waals surface area contributed by atoms with Crippen LogP contribution in [0.1, 0.15) is 77.9 Å². The van der Waals surface area contributed by atoms with Crippen molar-refractivity contribution in [2.75, 3.05) is 9.80 Å². The molecule has 0 aliphatic heterocycles. The summed E-state index contributed by atoms with van der Waals surface area (Å²) < 4.78 is 0. The molecule has 9 aromatic rings. The van der Waals surface area contributed by atoms with Gasteiger partial charge >= 0.3 is 0 Å². The SMILES string of the molecule is Cc1ccc(C(=Cc2ccc(N(c3ccc(C)cc3)c3ccc(C)cc3C)cc2)c2ccc(C(=Cc3ccc(N(c4ccc(C)cc4)c4ccc(C)cc4C)cc3)c3ccc(C)cc3)cc2)cc1. The van der Waals surface area contributed by atoms with Gasteiger partial charge in [-0.2, -0.15) is 0 Å². The van der Waals surface area contributed by atoms with Crippen LogP contribution in [0.2, 0.25) is 0 Å². The van der Waals surface area contributed by atoms with Gasteiger partial charge < -0.3 is 9.80 Å². The van der Waals surface area contributed by atoms with Gasteiger partial charge in [0.15, 0.2) is 0 Å². The fourth-order valence-electron chi connectivity index (χ4n) is 9.09. The smallest absolute Gasteiger partial charge is 0.0490 e. The molecule has 334 valence electrons. The number of rotatable bonds is 12. The van der Waals surface area contributed by atoms with Crippen LogP contribution in [0.5, 0.6) is 0 Å². The van der Waals surface area contributed by atoms with Crippen molar-refractivity contribution in [3.8, 4) is 0 Å². The molecule has 0 bridgehead atoms. The molecule has 0 saturated carbocycles. The highest BCUT2D eigenvalue weighted by molar-refractivity contribution is 5.95. The van der Waals surface area contributed by atoms with Crippen molar-refractivity contribution < 1.29 is 0 Å². The van der Waals surface area contributed by atoms with E-state index in [0.717, 1.165) is 45.0 Å². The second-order valence-corrected chi connectivity index (χ2v) is 18.5. The summed E-state index contributed by atoms with van der Waals surface area (Å²) >= 11 is 0. The van der Waals surface area contributed by atoms with Crippen LogP contribution in [0.25, 0.3) is 23.3 Å². The van der Waals surface area contributed by atoms with Gasteiger partial charge in [0.05, 0.1) is 0 Å². The Morgan fingerprint density at radius 2 is 0.500 bits per heavy atom. The maximum atomic E-state index is 2.36. The Labute approximate surface area is 404 Å². The molecule has 0 amide bonds. The van der Waals surface area contributed by atoms with Crippen LogP contribution in [0.4, 0.5) is 34.1 Å². The zero-order valence-corrected chi connectivity index (χ0v) is 40.7. The molecule has 9 aromatic carbocycles. The van der Waals surface area contributed by atoms with E-state index >= 15 is 0 Å². The average Bonchev–Trinajstić information content (AvgIpc) is 3.34. The lowest BCUT2D eigenvalue weighted by Crippen LogP contribution is -2.11. The van der Waals surface area contributed by atoms with E-state index in [2.05, 4.69) is 284 Å². The fourth-order valence-corrected chi connectivity index (χ4v) is 9.09.